The van der Waals surface area contributed by atoms with Gasteiger partial charge in [-0.05, 0) is 50.0 Å². The Morgan fingerprint density at radius 3 is 2.09 bits per heavy atom. The zero-order chi connectivity index (χ0) is 23.3. The highest BCUT2D eigenvalue weighted by molar-refractivity contribution is 6.91. The SMILES string of the molecule is CCOC1=C[C@@H](C(C)C)C(OCC)=C[C@@H]1Cc1c([Si](CC)(CC)CC)[nH]c2ccccc12. The van der Waals surface area contributed by atoms with Crippen LogP contribution in [0.1, 0.15) is 54.0 Å². The summed E-state index contributed by atoms with van der Waals surface area (Å²) < 4.78 is 12.4. The Kier molecular flexibility index (Phi) is 8.32. The average Bonchev–Trinajstić information content (AvgIpc) is 3.16. The van der Waals surface area contributed by atoms with Crippen molar-refractivity contribution in [3.63, 3.8) is 0 Å². The Hall–Kier alpha value is -1.94. The number of nitrogens with one attached hydrogen (secondary N) is 1. The molecule has 2 aromatic rings. The van der Waals surface area contributed by atoms with Crippen LogP contribution in [0.5, 0.6) is 0 Å². The van der Waals surface area contributed by atoms with Gasteiger partial charge in [-0.15, -0.1) is 0 Å². The molecular formula is C28H43NO2Si. The molecule has 3 nitrogen and oxygen atoms in total. The largest absolute Gasteiger partial charge is 0.498 e. The van der Waals surface area contributed by atoms with E-state index in [1.165, 1.54) is 34.6 Å². The van der Waals surface area contributed by atoms with Crippen molar-refractivity contribution < 1.29 is 9.47 Å². The molecule has 32 heavy (non-hydrogen) atoms. The fraction of sp³-hybridized carbons (Fsp3) is 0.571. The van der Waals surface area contributed by atoms with Gasteiger partial charge in [-0.2, -0.15) is 0 Å². The minimum atomic E-state index is -1.58. The van der Waals surface area contributed by atoms with Gasteiger partial charge in [-0.1, -0.05) is 71.0 Å². The number of allylic oxidation sites excluding steroid dienone is 2. The summed E-state index contributed by atoms with van der Waals surface area (Å²) >= 11 is 0. The first-order valence-electron chi connectivity index (χ1n) is 12.7. The maximum Gasteiger partial charge on any atom is 0.107 e. The summed E-state index contributed by atoms with van der Waals surface area (Å²) in [5, 5.41) is 2.93. The normalized spacial score (nSPS) is 19.2. The Morgan fingerprint density at radius 1 is 0.875 bits per heavy atom. The number of benzene rings is 1. The van der Waals surface area contributed by atoms with E-state index in [-0.39, 0.29) is 11.8 Å². The topological polar surface area (TPSA) is 34.2 Å². The molecule has 0 unspecified atom stereocenters. The number of H-pyrrole nitrogens is 1. The number of ether oxygens (including phenoxy) is 2. The molecule has 0 radical (unpaired) electrons. The highest BCUT2D eigenvalue weighted by Crippen LogP contribution is 2.37. The van der Waals surface area contributed by atoms with Crippen LogP contribution in [-0.2, 0) is 15.9 Å². The van der Waals surface area contributed by atoms with Crippen LogP contribution in [-0.4, -0.2) is 26.3 Å². The standard InChI is InChI=1S/C28H43NO2Si/c1-8-30-26-19-23(20(6)7)27(31-9-2)18-21(26)17-24-22-15-13-14-16-25(22)29-28(24)32(10-3,11-4)12-5/h13-16,18-21,23,29H,8-12,17H2,1-7H3/t21-,23-/m0/s1. The van der Waals surface area contributed by atoms with Gasteiger partial charge < -0.3 is 14.5 Å². The molecule has 4 heteroatoms. The van der Waals surface area contributed by atoms with E-state index in [0.717, 1.165) is 17.9 Å². The molecule has 1 aliphatic rings. The minimum Gasteiger partial charge on any atom is -0.498 e. The second-order valence-corrected chi connectivity index (χ2v) is 14.6. The lowest BCUT2D eigenvalue weighted by Crippen LogP contribution is -2.48. The molecule has 0 saturated carbocycles. The lowest BCUT2D eigenvalue weighted by molar-refractivity contribution is 0.157. The van der Waals surface area contributed by atoms with Gasteiger partial charge in [-0.3, -0.25) is 0 Å². The number of fused-ring (bicyclic) bond motifs is 1. The van der Waals surface area contributed by atoms with Crippen molar-refractivity contribution in [3.8, 4) is 0 Å². The maximum atomic E-state index is 6.23. The Labute approximate surface area is 196 Å². The minimum absolute atomic E-state index is 0.210. The third-order valence-corrected chi connectivity index (χ3v) is 13.1. The predicted molar refractivity (Wildman–Crippen MR) is 140 cm³/mol. The second-order valence-electron chi connectivity index (χ2n) is 9.45. The third-order valence-electron chi connectivity index (χ3n) is 7.54. The lowest BCUT2D eigenvalue weighted by Gasteiger charge is -2.32. The molecule has 0 fully saturated rings. The summed E-state index contributed by atoms with van der Waals surface area (Å²) in [5.74, 6) is 3.20. The van der Waals surface area contributed by atoms with E-state index in [2.05, 4.69) is 89.9 Å². The van der Waals surface area contributed by atoms with E-state index in [4.69, 9.17) is 9.47 Å². The maximum absolute atomic E-state index is 6.23. The van der Waals surface area contributed by atoms with E-state index in [9.17, 15) is 0 Å². The van der Waals surface area contributed by atoms with E-state index in [0.29, 0.717) is 19.1 Å². The molecular weight excluding hydrogens is 410 g/mol. The van der Waals surface area contributed by atoms with Gasteiger partial charge in [0.25, 0.3) is 0 Å². The predicted octanol–water partition coefficient (Wildman–Crippen LogP) is 7.17. The van der Waals surface area contributed by atoms with Gasteiger partial charge >= 0.3 is 0 Å². The highest BCUT2D eigenvalue weighted by atomic mass is 28.3. The molecule has 3 rings (SSSR count). The van der Waals surface area contributed by atoms with Crippen molar-refractivity contribution in [1.29, 1.82) is 0 Å². The van der Waals surface area contributed by atoms with Crippen molar-refractivity contribution in [2.24, 2.45) is 17.8 Å². The molecule has 1 aliphatic carbocycles. The molecule has 1 aromatic heterocycles. The van der Waals surface area contributed by atoms with Crippen LogP contribution in [0.4, 0.5) is 0 Å². The number of para-hydroxylation sites is 1. The molecule has 0 saturated heterocycles. The van der Waals surface area contributed by atoms with Gasteiger partial charge in [0.15, 0.2) is 0 Å². The van der Waals surface area contributed by atoms with Crippen molar-refractivity contribution in [2.75, 3.05) is 13.2 Å². The molecule has 0 bridgehead atoms. The van der Waals surface area contributed by atoms with E-state index >= 15 is 0 Å². The first-order valence-corrected chi connectivity index (χ1v) is 15.4. The monoisotopic (exact) mass is 453 g/mol. The zero-order valence-corrected chi connectivity index (χ0v) is 22.3. The van der Waals surface area contributed by atoms with Crippen LogP contribution < -0.4 is 5.32 Å². The molecule has 0 amide bonds. The summed E-state index contributed by atoms with van der Waals surface area (Å²) in [4.78, 5) is 3.91. The van der Waals surface area contributed by atoms with Gasteiger partial charge in [0.1, 0.15) is 8.07 Å². The Bertz CT molecular complexity index is 943. The second kappa shape index (κ2) is 10.8. The van der Waals surface area contributed by atoms with Crippen LogP contribution in [0.2, 0.25) is 18.1 Å². The summed E-state index contributed by atoms with van der Waals surface area (Å²) in [6, 6.07) is 12.7. The molecule has 0 spiro atoms. The third kappa shape index (κ3) is 4.71. The molecule has 1 aromatic carbocycles. The average molecular weight is 454 g/mol. The van der Waals surface area contributed by atoms with E-state index < -0.39 is 8.07 Å². The number of hydrogen-bond acceptors (Lipinski definition) is 2. The van der Waals surface area contributed by atoms with E-state index in [1.807, 2.05) is 0 Å². The number of hydrogen-bond donors (Lipinski definition) is 1. The fourth-order valence-corrected chi connectivity index (χ4v) is 9.29. The van der Waals surface area contributed by atoms with Gasteiger partial charge in [0, 0.05) is 28.1 Å². The Morgan fingerprint density at radius 2 is 1.50 bits per heavy atom. The number of aromatic amines is 1. The first kappa shape index (κ1) is 24.7. The van der Waals surface area contributed by atoms with Gasteiger partial charge in [-0.25, -0.2) is 0 Å². The summed E-state index contributed by atoms with van der Waals surface area (Å²) in [5.41, 5.74) is 2.78. The lowest BCUT2D eigenvalue weighted by atomic mass is 9.83. The summed E-state index contributed by atoms with van der Waals surface area (Å²) in [7, 11) is -1.58. The van der Waals surface area contributed by atoms with Crippen molar-refractivity contribution in [1.82, 2.24) is 4.98 Å². The number of aromatic nitrogens is 1. The molecule has 0 aliphatic heterocycles. The Balaban J connectivity index is 2.12. The van der Waals surface area contributed by atoms with E-state index in [1.54, 1.807) is 5.32 Å². The number of rotatable bonds is 11. The highest BCUT2D eigenvalue weighted by Gasteiger charge is 2.36. The smallest absolute Gasteiger partial charge is 0.107 e. The van der Waals surface area contributed by atoms with Gasteiger partial charge in [0.2, 0.25) is 0 Å². The zero-order valence-electron chi connectivity index (χ0n) is 21.3. The van der Waals surface area contributed by atoms with Crippen molar-refractivity contribution >= 4 is 24.3 Å². The summed E-state index contributed by atoms with van der Waals surface area (Å²) in [6.07, 6.45) is 5.65. The van der Waals surface area contributed by atoms with Crippen LogP contribution in [0.15, 0.2) is 47.9 Å². The van der Waals surface area contributed by atoms with Crippen LogP contribution in [0.3, 0.4) is 0 Å². The summed E-state index contributed by atoms with van der Waals surface area (Å²) in [6.45, 7) is 17.3. The van der Waals surface area contributed by atoms with Crippen molar-refractivity contribution in [2.45, 2.75) is 73.0 Å². The van der Waals surface area contributed by atoms with Crippen LogP contribution in [0, 0.1) is 17.8 Å². The quantitative estimate of drug-likeness (QED) is 0.366. The molecule has 1 heterocycles. The van der Waals surface area contributed by atoms with Crippen LogP contribution in [0.25, 0.3) is 10.9 Å². The molecule has 1 N–H and O–H groups in total. The van der Waals surface area contributed by atoms with Crippen LogP contribution >= 0.6 is 0 Å². The fourth-order valence-electron chi connectivity index (χ4n) is 5.45. The van der Waals surface area contributed by atoms with Gasteiger partial charge in [0.05, 0.1) is 24.7 Å². The first-order chi connectivity index (χ1) is 15.4. The van der Waals surface area contributed by atoms with Crippen molar-refractivity contribution in [3.05, 3.63) is 53.5 Å². The molecule has 2 atom stereocenters. The molecule has 176 valence electrons.